The predicted octanol–water partition coefficient (Wildman–Crippen LogP) is 3.19. The van der Waals surface area contributed by atoms with E-state index in [9.17, 15) is 4.79 Å². The highest BCUT2D eigenvalue weighted by Gasteiger charge is 2.14. The average molecular weight is 318 g/mol. The van der Waals surface area contributed by atoms with Crippen LogP contribution in [-0.2, 0) is 0 Å². The molecule has 0 aromatic heterocycles. The maximum absolute atomic E-state index is 11.8. The van der Waals surface area contributed by atoms with Crippen molar-refractivity contribution in [2.45, 2.75) is 19.8 Å². The van der Waals surface area contributed by atoms with Crippen LogP contribution in [0.2, 0.25) is 5.02 Å². The number of carbonyl (C=O) groups excluding carboxylic acids is 1. The van der Waals surface area contributed by atoms with Gasteiger partial charge in [0.1, 0.15) is 0 Å². The molecule has 1 atom stereocenters. The van der Waals surface area contributed by atoms with Crippen LogP contribution in [0.3, 0.4) is 0 Å². The van der Waals surface area contributed by atoms with E-state index in [-0.39, 0.29) is 18.4 Å². The summed E-state index contributed by atoms with van der Waals surface area (Å²) in [6.45, 7) is 4.72. The number of halogens is 2. The van der Waals surface area contributed by atoms with Crippen LogP contribution in [0.15, 0.2) is 18.2 Å². The fourth-order valence-electron chi connectivity index (χ4n) is 2.24. The Balaban J connectivity index is 0.00000200. The van der Waals surface area contributed by atoms with E-state index in [0.29, 0.717) is 23.2 Å². The summed E-state index contributed by atoms with van der Waals surface area (Å²) in [6, 6.07) is 5.37. The van der Waals surface area contributed by atoms with Crippen molar-refractivity contribution in [1.29, 1.82) is 0 Å². The van der Waals surface area contributed by atoms with Crippen molar-refractivity contribution in [2.24, 2.45) is 5.92 Å². The Bertz CT molecular complexity index is 448. The van der Waals surface area contributed by atoms with Gasteiger partial charge in [-0.2, -0.15) is 0 Å². The topological polar surface area (TPSA) is 53.2 Å². The van der Waals surface area contributed by atoms with E-state index in [1.165, 1.54) is 12.8 Å². The van der Waals surface area contributed by atoms with Crippen molar-refractivity contribution >= 4 is 35.7 Å². The fourth-order valence-corrected chi connectivity index (χ4v) is 2.40. The molecule has 0 aliphatic carbocycles. The minimum absolute atomic E-state index is 0. The SMILES string of the molecule is Cc1ccc(Cl)c(NC(=O)NCC2CCCNC2)c1.Cl. The van der Waals surface area contributed by atoms with Crippen molar-refractivity contribution in [1.82, 2.24) is 10.6 Å². The molecular formula is C14H21Cl2N3O. The summed E-state index contributed by atoms with van der Waals surface area (Å²) in [5, 5.41) is 9.57. The maximum Gasteiger partial charge on any atom is 0.319 e. The highest BCUT2D eigenvalue weighted by molar-refractivity contribution is 6.33. The third kappa shape index (κ3) is 5.19. The quantitative estimate of drug-likeness (QED) is 0.802. The summed E-state index contributed by atoms with van der Waals surface area (Å²) in [4.78, 5) is 11.8. The van der Waals surface area contributed by atoms with Gasteiger partial charge in [-0.3, -0.25) is 0 Å². The Morgan fingerprint density at radius 2 is 2.30 bits per heavy atom. The van der Waals surface area contributed by atoms with Crippen LogP contribution in [0.1, 0.15) is 18.4 Å². The molecule has 1 heterocycles. The zero-order valence-electron chi connectivity index (χ0n) is 11.5. The molecule has 0 bridgehead atoms. The molecule has 0 saturated carbocycles. The van der Waals surface area contributed by atoms with Gasteiger partial charge in [0, 0.05) is 6.54 Å². The van der Waals surface area contributed by atoms with Gasteiger partial charge in [-0.1, -0.05) is 17.7 Å². The van der Waals surface area contributed by atoms with Gasteiger partial charge in [-0.15, -0.1) is 12.4 Å². The van der Waals surface area contributed by atoms with E-state index >= 15 is 0 Å². The fraction of sp³-hybridized carbons (Fsp3) is 0.500. The van der Waals surface area contributed by atoms with Crippen molar-refractivity contribution < 1.29 is 4.79 Å². The van der Waals surface area contributed by atoms with E-state index in [0.717, 1.165) is 18.7 Å². The Kier molecular flexibility index (Phi) is 7.13. The van der Waals surface area contributed by atoms with Crippen molar-refractivity contribution in [2.75, 3.05) is 25.0 Å². The monoisotopic (exact) mass is 317 g/mol. The van der Waals surface area contributed by atoms with Gasteiger partial charge < -0.3 is 16.0 Å². The van der Waals surface area contributed by atoms with Crippen molar-refractivity contribution in [3.05, 3.63) is 28.8 Å². The van der Waals surface area contributed by atoms with Crippen LogP contribution in [0.5, 0.6) is 0 Å². The molecule has 112 valence electrons. The van der Waals surface area contributed by atoms with Crippen molar-refractivity contribution in [3.63, 3.8) is 0 Å². The largest absolute Gasteiger partial charge is 0.338 e. The first kappa shape index (κ1) is 17.1. The molecule has 0 spiro atoms. The molecule has 3 N–H and O–H groups in total. The zero-order chi connectivity index (χ0) is 13.7. The molecule has 1 aliphatic heterocycles. The molecular weight excluding hydrogens is 297 g/mol. The van der Waals surface area contributed by atoms with E-state index in [1.54, 1.807) is 6.07 Å². The van der Waals surface area contributed by atoms with Crippen LogP contribution in [0.4, 0.5) is 10.5 Å². The Hall–Kier alpha value is -0.970. The number of urea groups is 1. The summed E-state index contributed by atoms with van der Waals surface area (Å²) in [5.41, 5.74) is 1.72. The minimum atomic E-state index is -0.196. The first-order valence-corrected chi connectivity index (χ1v) is 7.04. The number of rotatable bonds is 3. The smallest absolute Gasteiger partial charge is 0.319 e. The number of aryl methyl sites for hydroxylation is 1. The van der Waals surface area contributed by atoms with Gasteiger partial charge in [0.2, 0.25) is 0 Å². The standard InChI is InChI=1S/C14H20ClN3O.ClH/c1-10-4-5-12(15)13(7-10)18-14(19)17-9-11-3-2-6-16-8-11;/h4-5,7,11,16H,2-3,6,8-9H2,1H3,(H2,17,18,19);1H. The number of hydrogen-bond acceptors (Lipinski definition) is 2. The Morgan fingerprint density at radius 3 is 3.00 bits per heavy atom. The Morgan fingerprint density at radius 1 is 1.50 bits per heavy atom. The summed E-state index contributed by atoms with van der Waals surface area (Å²) in [5.74, 6) is 0.521. The van der Waals surface area contributed by atoms with Gasteiger partial charge in [-0.25, -0.2) is 4.79 Å². The summed E-state index contributed by atoms with van der Waals surface area (Å²) >= 11 is 6.04. The maximum atomic E-state index is 11.8. The van der Waals surface area contributed by atoms with E-state index in [1.807, 2.05) is 19.1 Å². The van der Waals surface area contributed by atoms with Gasteiger partial charge in [-0.05, 0) is 56.5 Å². The van der Waals surface area contributed by atoms with Crippen LogP contribution >= 0.6 is 24.0 Å². The number of hydrogen-bond donors (Lipinski definition) is 3. The van der Waals surface area contributed by atoms with E-state index < -0.39 is 0 Å². The molecule has 0 radical (unpaired) electrons. The summed E-state index contributed by atoms with van der Waals surface area (Å²) in [6.07, 6.45) is 2.34. The van der Waals surface area contributed by atoms with Crippen LogP contribution < -0.4 is 16.0 Å². The average Bonchev–Trinajstić information content (AvgIpc) is 2.42. The first-order valence-electron chi connectivity index (χ1n) is 6.67. The zero-order valence-corrected chi connectivity index (χ0v) is 13.1. The van der Waals surface area contributed by atoms with Gasteiger partial charge in [0.05, 0.1) is 10.7 Å². The van der Waals surface area contributed by atoms with Crippen LogP contribution in [0, 0.1) is 12.8 Å². The lowest BCUT2D eigenvalue weighted by molar-refractivity contribution is 0.248. The number of anilines is 1. The second kappa shape index (κ2) is 8.35. The molecule has 1 unspecified atom stereocenters. The molecule has 1 fully saturated rings. The normalized spacial score (nSPS) is 18.0. The minimum Gasteiger partial charge on any atom is -0.338 e. The third-order valence-corrected chi connectivity index (χ3v) is 3.65. The summed E-state index contributed by atoms with van der Waals surface area (Å²) in [7, 11) is 0. The number of nitrogens with one attached hydrogen (secondary N) is 3. The van der Waals surface area contributed by atoms with Gasteiger partial charge >= 0.3 is 6.03 Å². The van der Waals surface area contributed by atoms with Gasteiger partial charge in [0.25, 0.3) is 0 Å². The number of carbonyl (C=O) groups is 1. The molecule has 1 saturated heterocycles. The number of benzene rings is 1. The number of piperidine rings is 1. The second-order valence-electron chi connectivity index (χ2n) is 5.03. The lowest BCUT2D eigenvalue weighted by Gasteiger charge is -2.23. The lowest BCUT2D eigenvalue weighted by atomic mass is 10.00. The lowest BCUT2D eigenvalue weighted by Crippen LogP contribution is -2.39. The highest BCUT2D eigenvalue weighted by atomic mass is 35.5. The molecule has 2 amide bonds. The molecule has 6 heteroatoms. The van der Waals surface area contributed by atoms with Crippen LogP contribution in [0.25, 0.3) is 0 Å². The second-order valence-corrected chi connectivity index (χ2v) is 5.44. The van der Waals surface area contributed by atoms with Crippen molar-refractivity contribution in [3.8, 4) is 0 Å². The first-order chi connectivity index (χ1) is 9.15. The molecule has 2 rings (SSSR count). The van der Waals surface area contributed by atoms with E-state index in [4.69, 9.17) is 11.6 Å². The number of amides is 2. The highest BCUT2D eigenvalue weighted by Crippen LogP contribution is 2.22. The van der Waals surface area contributed by atoms with Crippen LogP contribution in [-0.4, -0.2) is 25.7 Å². The van der Waals surface area contributed by atoms with Gasteiger partial charge in [0.15, 0.2) is 0 Å². The molecule has 1 aliphatic rings. The Labute approximate surface area is 131 Å². The van der Waals surface area contributed by atoms with E-state index in [2.05, 4.69) is 16.0 Å². The molecule has 20 heavy (non-hydrogen) atoms. The molecule has 4 nitrogen and oxygen atoms in total. The third-order valence-electron chi connectivity index (χ3n) is 3.32. The molecule has 1 aromatic rings. The summed E-state index contributed by atoms with van der Waals surface area (Å²) < 4.78 is 0. The predicted molar refractivity (Wildman–Crippen MR) is 86.1 cm³/mol. The molecule has 1 aromatic carbocycles.